The standard InChI is InChI=1S/C15H20FNO2/c1-11(12-6-7-12)17(8-9-19-2)15-5-3-4-14(16)13(15)10-18/h3-5,10-12H,6-9H2,1-2H3. The Kier molecular flexibility index (Phi) is 4.53. The zero-order valence-corrected chi connectivity index (χ0v) is 11.4. The first-order valence-electron chi connectivity index (χ1n) is 6.68. The lowest BCUT2D eigenvalue weighted by Gasteiger charge is -2.32. The Hall–Kier alpha value is -1.42. The fraction of sp³-hybridized carbons (Fsp3) is 0.533. The molecule has 1 fully saturated rings. The number of carbonyl (C=O) groups excluding carboxylic acids is 1. The SMILES string of the molecule is COCCN(c1cccc(F)c1C=O)C(C)C1CC1. The van der Waals surface area contributed by atoms with Crippen molar-refractivity contribution in [1.29, 1.82) is 0 Å². The van der Waals surface area contributed by atoms with Gasteiger partial charge >= 0.3 is 0 Å². The molecule has 1 unspecified atom stereocenters. The van der Waals surface area contributed by atoms with E-state index < -0.39 is 5.82 Å². The predicted octanol–water partition coefficient (Wildman–Crippen LogP) is 2.89. The Bertz CT molecular complexity index is 446. The van der Waals surface area contributed by atoms with Crippen LogP contribution in [0.4, 0.5) is 10.1 Å². The van der Waals surface area contributed by atoms with Crippen LogP contribution in [0.25, 0.3) is 0 Å². The number of nitrogens with zero attached hydrogens (tertiary/aromatic N) is 1. The van der Waals surface area contributed by atoms with Crippen LogP contribution in [0.1, 0.15) is 30.1 Å². The van der Waals surface area contributed by atoms with Crippen molar-refractivity contribution >= 4 is 12.0 Å². The van der Waals surface area contributed by atoms with E-state index in [0.717, 1.165) is 0 Å². The summed E-state index contributed by atoms with van der Waals surface area (Å²) in [5.74, 6) is 0.178. The van der Waals surface area contributed by atoms with Gasteiger partial charge in [-0.15, -0.1) is 0 Å². The molecule has 4 heteroatoms. The fourth-order valence-electron chi connectivity index (χ4n) is 2.46. The molecule has 19 heavy (non-hydrogen) atoms. The summed E-state index contributed by atoms with van der Waals surface area (Å²) in [5, 5.41) is 0. The molecule has 0 aromatic heterocycles. The Morgan fingerprint density at radius 3 is 2.84 bits per heavy atom. The van der Waals surface area contributed by atoms with Crippen molar-refractivity contribution in [2.24, 2.45) is 5.92 Å². The highest BCUT2D eigenvalue weighted by molar-refractivity contribution is 5.85. The molecule has 2 rings (SSSR count). The minimum absolute atomic E-state index is 0.145. The van der Waals surface area contributed by atoms with Gasteiger partial charge in [0.05, 0.1) is 17.9 Å². The molecule has 1 saturated carbocycles. The van der Waals surface area contributed by atoms with Crippen molar-refractivity contribution in [1.82, 2.24) is 0 Å². The van der Waals surface area contributed by atoms with Crippen LogP contribution < -0.4 is 4.90 Å². The molecule has 1 atom stereocenters. The van der Waals surface area contributed by atoms with E-state index in [9.17, 15) is 9.18 Å². The third-order valence-electron chi connectivity index (χ3n) is 3.79. The number of anilines is 1. The third kappa shape index (κ3) is 3.13. The lowest BCUT2D eigenvalue weighted by atomic mass is 10.1. The number of halogens is 1. The lowest BCUT2D eigenvalue weighted by molar-refractivity contribution is 0.112. The van der Waals surface area contributed by atoms with E-state index in [-0.39, 0.29) is 5.56 Å². The minimum atomic E-state index is -0.460. The molecule has 3 nitrogen and oxygen atoms in total. The van der Waals surface area contributed by atoms with Crippen LogP contribution in [0.2, 0.25) is 0 Å². The van der Waals surface area contributed by atoms with Crippen molar-refractivity contribution in [2.75, 3.05) is 25.2 Å². The quantitative estimate of drug-likeness (QED) is 0.710. The highest BCUT2D eigenvalue weighted by Gasteiger charge is 2.33. The summed E-state index contributed by atoms with van der Waals surface area (Å²) in [6, 6.07) is 5.08. The summed E-state index contributed by atoms with van der Waals surface area (Å²) in [6.07, 6.45) is 3.01. The molecule has 1 aliphatic carbocycles. The molecule has 0 N–H and O–H groups in total. The average molecular weight is 265 g/mol. The number of aldehydes is 1. The highest BCUT2D eigenvalue weighted by Crippen LogP contribution is 2.37. The molecule has 0 spiro atoms. The van der Waals surface area contributed by atoms with Crippen LogP contribution in [0, 0.1) is 11.7 Å². The summed E-state index contributed by atoms with van der Waals surface area (Å²) in [4.78, 5) is 13.2. The van der Waals surface area contributed by atoms with Gasteiger partial charge in [0.15, 0.2) is 6.29 Å². The summed E-state index contributed by atoms with van der Waals surface area (Å²) >= 11 is 0. The second-order valence-corrected chi connectivity index (χ2v) is 5.05. The van der Waals surface area contributed by atoms with Crippen molar-refractivity contribution in [3.63, 3.8) is 0 Å². The maximum absolute atomic E-state index is 13.7. The summed E-state index contributed by atoms with van der Waals surface area (Å²) in [6.45, 7) is 3.36. The van der Waals surface area contributed by atoms with Gasteiger partial charge in [-0.3, -0.25) is 4.79 Å². The van der Waals surface area contributed by atoms with Gasteiger partial charge in [0.2, 0.25) is 0 Å². The van der Waals surface area contributed by atoms with Gasteiger partial charge < -0.3 is 9.64 Å². The van der Waals surface area contributed by atoms with E-state index in [1.807, 2.05) is 0 Å². The van der Waals surface area contributed by atoms with Crippen molar-refractivity contribution in [2.45, 2.75) is 25.8 Å². The van der Waals surface area contributed by atoms with Crippen LogP contribution >= 0.6 is 0 Å². The molecule has 0 amide bonds. The summed E-state index contributed by atoms with van der Waals surface area (Å²) < 4.78 is 18.8. The van der Waals surface area contributed by atoms with Gasteiger partial charge in [-0.2, -0.15) is 0 Å². The molecule has 0 bridgehead atoms. The monoisotopic (exact) mass is 265 g/mol. The molecule has 1 aromatic carbocycles. The van der Waals surface area contributed by atoms with E-state index in [0.29, 0.717) is 37.1 Å². The smallest absolute Gasteiger partial charge is 0.155 e. The highest BCUT2D eigenvalue weighted by atomic mass is 19.1. The van der Waals surface area contributed by atoms with Gasteiger partial charge in [0.25, 0.3) is 0 Å². The maximum atomic E-state index is 13.7. The van der Waals surface area contributed by atoms with Crippen LogP contribution in [-0.2, 0) is 4.74 Å². The molecule has 1 aromatic rings. The predicted molar refractivity (Wildman–Crippen MR) is 73.2 cm³/mol. The van der Waals surface area contributed by atoms with Gasteiger partial charge in [0.1, 0.15) is 5.82 Å². The van der Waals surface area contributed by atoms with E-state index in [1.54, 1.807) is 19.2 Å². The molecular formula is C15H20FNO2. The number of hydrogen-bond donors (Lipinski definition) is 0. The Balaban J connectivity index is 2.30. The molecular weight excluding hydrogens is 245 g/mol. The van der Waals surface area contributed by atoms with E-state index in [2.05, 4.69) is 11.8 Å². The van der Waals surface area contributed by atoms with E-state index in [4.69, 9.17) is 4.74 Å². The number of methoxy groups -OCH3 is 1. The maximum Gasteiger partial charge on any atom is 0.155 e. The fourth-order valence-corrected chi connectivity index (χ4v) is 2.46. The number of ether oxygens (including phenoxy) is 1. The lowest BCUT2D eigenvalue weighted by Crippen LogP contribution is -2.38. The Labute approximate surface area is 113 Å². The van der Waals surface area contributed by atoms with E-state index in [1.165, 1.54) is 18.9 Å². The summed E-state index contributed by atoms with van der Waals surface area (Å²) in [5.41, 5.74) is 0.817. The first-order chi connectivity index (χ1) is 9.19. The molecule has 104 valence electrons. The second kappa shape index (κ2) is 6.15. The van der Waals surface area contributed by atoms with Crippen LogP contribution in [-0.4, -0.2) is 32.6 Å². The first kappa shape index (κ1) is 14.0. The number of carbonyl (C=O) groups is 1. The number of hydrogen-bond acceptors (Lipinski definition) is 3. The molecule has 0 heterocycles. The molecule has 0 aliphatic heterocycles. The normalized spacial score (nSPS) is 16.2. The molecule has 0 saturated heterocycles. The second-order valence-electron chi connectivity index (χ2n) is 5.05. The summed E-state index contributed by atoms with van der Waals surface area (Å²) in [7, 11) is 1.65. The van der Waals surface area contributed by atoms with Crippen molar-refractivity contribution < 1.29 is 13.9 Å². The van der Waals surface area contributed by atoms with Crippen LogP contribution in [0.15, 0.2) is 18.2 Å². The van der Waals surface area contributed by atoms with Crippen molar-refractivity contribution in [3.05, 3.63) is 29.6 Å². The van der Waals surface area contributed by atoms with Crippen LogP contribution in [0.5, 0.6) is 0 Å². The Morgan fingerprint density at radius 2 is 2.26 bits per heavy atom. The zero-order chi connectivity index (χ0) is 13.8. The molecule has 1 aliphatic rings. The number of benzene rings is 1. The van der Waals surface area contributed by atoms with Gasteiger partial charge in [-0.05, 0) is 37.8 Å². The first-order valence-corrected chi connectivity index (χ1v) is 6.68. The van der Waals surface area contributed by atoms with Crippen LogP contribution in [0.3, 0.4) is 0 Å². The third-order valence-corrected chi connectivity index (χ3v) is 3.79. The topological polar surface area (TPSA) is 29.5 Å². The van der Waals surface area contributed by atoms with Crippen molar-refractivity contribution in [3.8, 4) is 0 Å². The number of rotatable bonds is 7. The minimum Gasteiger partial charge on any atom is -0.383 e. The molecule has 0 radical (unpaired) electrons. The van der Waals surface area contributed by atoms with E-state index >= 15 is 0 Å². The van der Waals surface area contributed by atoms with Gasteiger partial charge in [-0.1, -0.05) is 6.07 Å². The Morgan fingerprint density at radius 1 is 1.53 bits per heavy atom. The van der Waals surface area contributed by atoms with Gasteiger partial charge in [-0.25, -0.2) is 4.39 Å². The largest absolute Gasteiger partial charge is 0.383 e. The zero-order valence-electron chi connectivity index (χ0n) is 11.4. The van der Waals surface area contributed by atoms with Gasteiger partial charge in [0, 0.05) is 19.7 Å². The average Bonchev–Trinajstić information content (AvgIpc) is 3.23.